The van der Waals surface area contributed by atoms with E-state index < -0.39 is 44.1 Å². The lowest BCUT2D eigenvalue weighted by Gasteiger charge is -2.24. The highest BCUT2D eigenvalue weighted by Crippen LogP contribution is 2.57. The molecule has 0 unspecified atom stereocenters. The number of nitrogens with one attached hydrogen (secondary N) is 1. The molecule has 0 aromatic heterocycles. The predicted molar refractivity (Wildman–Crippen MR) is 113 cm³/mol. The van der Waals surface area contributed by atoms with Crippen LogP contribution < -0.4 is 11.1 Å². The van der Waals surface area contributed by atoms with E-state index in [2.05, 4.69) is 5.32 Å². The van der Waals surface area contributed by atoms with Crippen LogP contribution in [0.2, 0.25) is 5.02 Å². The van der Waals surface area contributed by atoms with Crippen LogP contribution >= 0.6 is 11.6 Å². The quantitative estimate of drug-likeness (QED) is 0.718. The van der Waals surface area contributed by atoms with Crippen LogP contribution in [0, 0.1) is 5.82 Å². The van der Waals surface area contributed by atoms with E-state index in [1.807, 2.05) is 0 Å². The summed E-state index contributed by atoms with van der Waals surface area (Å²) in [6.45, 7) is 4.91. The van der Waals surface area contributed by atoms with Gasteiger partial charge in [-0.25, -0.2) is 17.6 Å². The fraction of sp³-hybridized carbons (Fsp3) is 0.381. The average Bonchev–Trinajstić information content (AvgIpc) is 3.30. The van der Waals surface area contributed by atoms with Gasteiger partial charge < -0.3 is 15.8 Å². The number of rotatable bonds is 5. The third-order valence-corrected chi connectivity index (χ3v) is 7.55. The van der Waals surface area contributed by atoms with Crippen molar-refractivity contribution in [3.8, 4) is 0 Å². The number of sulfone groups is 1. The number of carbonyl (C=O) groups is 1. The van der Waals surface area contributed by atoms with Crippen LogP contribution in [0.3, 0.4) is 0 Å². The van der Waals surface area contributed by atoms with E-state index in [4.69, 9.17) is 22.1 Å². The van der Waals surface area contributed by atoms with Gasteiger partial charge in [0.2, 0.25) is 0 Å². The molecule has 3 atom stereocenters. The minimum Gasteiger partial charge on any atom is -0.444 e. The van der Waals surface area contributed by atoms with Gasteiger partial charge >= 0.3 is 6.09 Å². The number of hydrogen-bond donors (Lipinski definition) is 2. The second-order valence-electron chi connectivity index (χ2n) is 8.32. The molecule has 0 spiro atoms. The third kappa shape index (κ3) is 4.31. The molecule has 1 aliphatic carbocycles. The van der Waals surface area contributed by atoms with Crippen LogP contribution in [-0.2, 0) is 14.6 Å². The Morgan fingerprint density at radius 1 is 1.23 bits per heavy atom. The zero-order chi connectivity index (χ0) is 22.3. The molecule has 1 saturated carbocycles. The maximum Gasteiger partial charge on any atom is 0.408 e. The molecule has 0 saturated heterocycles. The van der Waals surface area contributed by atoms with Crippen LogP contribution in [-0.4, -0.2) is 37.4 Å². The molecule has 0 heterocycles. The van der Waals surface area contributed by atoms with Gasteiger partial charge in [-0.15, -0.1) is 0 Å². The number of ether oxygens (including phenoxy) is 1. The van der Waals surface area contributed by atoms with Gasteiger partial charge in [0.1, 0.15) is 16.7 Å². The average molecular weight is 455 g/mol. The molecule has 1 aliphatic rings. The number of hydrogen-bond acceptors (Lipinski definition) is 5. The maximum atomic E-state index is 13.9. The molecule has 30 heavy (non-hydrogen) atoms. The molecule has 2 aromatic rings. The van der Waals surface area contributed by atoms with Gasteiger partial charge in [0.25, 0.3) is 0 Å². The summed E-state index contributed by atoms with van der Waals surface area (Å²) in [6, 6.07) is 11.4. The number of alkyl carbamates (subject to hydrolysis) is 1. The number of halogens is 2. The van der Waals surface area contributed by atoms with Gasteiger partial charge in [0, 0.05) is 17.5 Å². The fourth-order valence-corrected chi connectivity index (χ4v) is 6.21. The smallest absolute Gasteiger partial charge is 0.408 e. The minimum atomic E-state index is -3.93. The van der Waals surface area contributed by atoms with Gasteiger partial charge in [-0.3, -0.25) is 0 Å². The number of amides is 1. The Labute approximate surface area is 180 Å². The van der Waals surface area contributed by atoms with E-state index in [0.717, 1.165) is 0 Å². The molecule has 3 rings (SSSR count). The summed E-state index contributed by atoms with van der Waals surface area (Å²) < 4.78 is 46.1. The zero-order valence-electron chi connectivity index (χ0n) is 16.9. The molecular weight excluding hydrogens is 431 g/mol. The first kappa shape index (κ1) is 22.5. The normalized spacial score (nSPS) is 23.7. The van der Waals surface area contributed by atoms with Crippen molar-refractivity contribution in [2.24, 2.45) is 5.73 Å². The van der Waals surface area contributed by atoms with Gasteiger partial charge in [-0.05, 0) is 62.7 Å². The molecule has 0 radical (unpaired) electrons. The monoisotopic (exact) mass is 454 g/mol. The second-order valence-corrected chi connectivity index (χ2v) is 10.8. The van der Waals surface area contributed by atoms with Crippen molar-refractivity contribution in [3.63, 3.8) is 0 Å². The Hall–Kier alpha value is -2.16. The topological polar surface area (TPSA) is 98.5 Å². The zero-order valence-corrected chi connectivity index (χ0v) is 18.4. The summed E-state index contributed by atoms with van der Waals surface area (Å²) in [5.41, 5.74) is 4.29. The summed E-state index contributed by atoms with van der Waals surface area (Å²) in [6.07, 6.45) is -0.789. The van der Waals surface area contributed by atoms with Crippen molar-refractivity contribution in [1.82, 2.24) is 5.32 Å². The highest BCUT2D eigenvalue weighted by atomic mass is 35.5. The Kier molecular flexibility index (Phi) is 5.88. The van der Waals surface area contributed by atoms with E-state index in [-0.39, 0.29) is 11.4 Å². The first-order valence-corrected chi connectivity index (χ1v) is 11.3. The molecule has 162 valence electrons. The van der Waals surface area contributed by atoms with Crippen molar-refractivity contribution < 1.29 is 22.3 Å². The van der Waals surface area contributed by atoms with Gasteiger partial charge in [-0.1, -0.05) is 23.7 Å². The standard InChI is InChI=1S/C21H24ClFN2O4S/c1-20(2,3)29-19(26)25-21(12-24)17(13-5-4-6-15(23)11-13)18(21)30(27,28)16-9-7-14(22)8-10-16/h4-11,17-18H,12,24H2,1-3H3,(H,25,26)/t17-,18+,21+/m1/s1. The van der Waals surface area contributed by atoms with Gasteiger partial charge in [-0.2, -0.15) is 0 Å². The molecule has 3 N–H and O–H groups in total. The summed E-state index contributed by atoms with van der Waals surface area (Å²) in [5.74, 6) is -1.25. The second kappa shape index (κ2) is 7.83. The van der Waals surface area contributed by atoms with Crippen LogP contribution in [0.25, 0.3) is 0 Å². The van der Waals surface area contributed by atoms with Crippen LogP contribution in [0.5, 0.6) is 0 Å². The van der Waals surface area contributed by atoms with Crippen LogP contribution in [0.15, 0.2) is 53.4 Å². The first-order chi connectivity index (χ1) is 13.9. The largest absolute Gasteiger partial charge is 0.444 e. The van der Waals surface area contributed by atoms with Crippen molar-refractivity contribution in [3.05, 3.63) is 64.9 Å². The van der Waals surface area contributed by atoms with Crippen LogP contribution in [0.4, 0.5) is 9.18 Å². The Bertz CT molecular complexity index is 1050. The van der Waals surface area contributed by atoms with Crippen molar-refractivity contribution in [2.75, 3.05) is 6.54 Å². The highest BCUT2D eigenvalue weighted by Gasteiger charge is 2.71. The number of carbonyl (C=O) groups excluding carboxylic acids is 1. The Balaban J connectivity index is 2.05. The Morgan fingerprint density at radius 2 is 1.87 bits per heavy atom. The minimum absolute atomic E-state index is 0.0413. The SMILES string of the molecule is CC(C)(C)OC(=O)N[C@@]1(CN)[C@H](c2cccc(F)c2)[C@@H]1S(=O)(=O)c1ccc(Cl)cc1. The van der Waals surface area contributed by atoms with Gasteiger partial charge in [0.15, 0.2) is 9.84 Å². The first-order valence-electron chi connectivity index (χ1n) is 9.37. The van der Waals surface area contributed by atoms with Crippen molar-refractivity contribution in [1.29, 1.82) is 0 Å². The molecule has 1 amide bonds. The molecule has 6 nitrogen and oxygen atoms in total. The third-order valence-electron chi connectivity index (χ3n) is 5.01. The molecular formula is C21H24ClFN2O4S. The molecule has 9 heteroatoms. The summed E-state index contributed by atoms with van der Waals surface area (Å²) >= 11 is 5.88. The Morgan fingerprint density at radius 3 is 2.40 bits per heavy atom. The maximum absolute atomic E-state index is 13.9. The lowest BCUT2D eigenvalue weighted by molar-refractivity contribution is 0.0497. The summed E-state index contributed by atoms with van der Waals surface area (Å²) in [7, 11) is -3.93. The predicted octanol–water partition coefficient (Wildman–Crippen LogP) is 3.64. The lowest BCUT2D eigenvalue weighted by atomic mass is 10.1. The summed E-state index contributed by atoms with van der Waals surface area (Å²) in [4.78, 5) is 12.5. The van der Waals surface area contributed by atoms with E-state index in [1.165, 1.54) is 42.5 Å². The molecule has 2 aromatic carbocycles. The van der Waals surface area contributed by atoms with E-state index >= 15 is 0 Å². The van der Waals surface area contributed by atoms with Crippen molar-refractivity contribution in [2.45, 2.75) is 48.0 Å². The van der Waals surface area contributed by atoms with Crippen LogP contribution in [0.1, 0.15) is 32.3 Å². The van der Waals surface area contributed by atoms with Crippen molar-refractivity contribution >= 4 is 27.5 Å². The number of benzene rings is 2. The number of nitrogens with two attached hydrogens (primary N) is 1. The van der Waals surface area contributed by atoms with Gasteiger partial charge in [0.05, 0.1) is 10.4 Å². The highest BCUT2D eigenvalue weighted by molar-refractivity contribution is 7.92. The molecule has 0 bridgehead atoms. The van der Waals surface area contributed by atoms with E-state index in [1.54, 1.807) is 26.8 Å². The molecule has 1 fully saturated rings. The molecule has 0 aliphatic heterocycles. The summed E-state index contributed by atoms with van der Waals surface area (Å²) in [5, 5.41) is 1.97. The lowest BCUT2D eigenvalue weighted by Crippen LogP contribution is -2.49. The fourth-order valence-electron chi connectivity index (χ4n) is 3.74. The van der Waals surface area contributed by atoms with E-state index in [0.29, 0.717) is 10.6 Å². The van der Waals surface area contributed by atoms with E-state index in [9.17, 15) is 17.6 Å².